The molecule has 0 spiro atoms. The number of aromatic nitrogens is 1. The molecular weight excluding hydrogens is 306 g/mol. The van der Waals surface area contributed by atoms with Gasteiger partial charge in [0.2, 0.25) is 0 Å². The summed E-state index contributed by atoms with van der Waals surface area (Å²) >= 11 is 7.15. The van der Waals surface area contributed by atoms with E-state index >= 15 is 0 Å². The zero-order valence-electron chi connectivity index (χ0n) is 11.5. The van der Waals surface area contributed by atoms with Crippen molar-refractivity contribution in [2.75, 3.05) is 11.9 Å². The Morgan fingerprint density at radius 3 is 2.90 bits per heavy atom. The number of nitrogens with zero attached hydrogens (tertiary/aromatic N) is 3. The largest absolute Gasteiger partial charge is 0.459 e. The lowest BCUT2D eigenvalue weighted by Gasteiger charge is -2.23. The van der Waals surface area contributed by atoms with Gasteiger partial charge in [-0.2, -0.15) is 9.64 Å². The van der Waals surface area contributed by atoms with Gasteiger partial charge >= 0.3 is 0 Å². The first-order chi connectivity index (χ1) is 10.1. The summed E-state index contributed by atoms with van der Waals surface area (Å²) in [6, 6.07) is 12.0. The summed E-state index contributed by atoms with van der Waals surface area (Å²) in [7, 11) is 1.91. The molecule has 0 aliphatic rings. The Hall–Kier alpha value is -2.03. The van der Waals surface area contributed by atoms with E-state index in [0.717, 1.165) is 21.7 Å². The molecule has 0 bridgehead atoms. The highest BCUT2D eigenvalue weighted by Gasteiger charge is 2.22. The van der Waals surface area contributed by atoms with E-state index in [2.05, 4.69) is 10.4 Å². The smallest absolute Gasteiger partial charge is 0.162 e. The number of hydrogen-bond donors (Lipinski definition) is 0. The summed E-state index contributed by atoms with van der Waals surface area (Å²) in [4.78, 5) is 1.96. The molecule has 2 heterocycles. The Morgan fingerprint density at radius 2 is 2.19 bits per heavy atom. The van der Waals surface area contributed by atoms with Crippen LogP contribution >= 0.6 is 23.1 Å². The molecule has 21 heavy (non-hydrogen) atoms. The predicted octanol–water partition coefficient (Wildman–Crippen LogP) is 4.61. The van der Waals surface area contributed by atoms with Crippen LogP contribution in [0, 0.1) is 11.3 Å². The molecule has 3 rings (SSSR count). The van der Waals surface area contributed by atoms with Crippen LogP contribution in [0.4, 0.5) is 5.00 Å². The van der Waals surface area contributed by atoms with E-state index in [1.807, 2.05) is 49.2 Å². The van der Waals surface area contributed by atoms with Crippen LogP contribution < -0.4 is 4.90 Å². The van der Waals surface area contributed by atoms with Crippen molar-refractivity contribution in [2.24, 2.45) is 0 Å². The van der Waals surface area contributed by atoms with Crippen molar-refractivity contribution in [3.05, 3.63) is 46.8 Å². The lowest BCUT2D eigenvalue weighted by Crippen LogP contribution is -2.20. The number of hydrogen-bond acceptors (Lipinski definition) is 5. The molecule has 106 valence electrons. The second-order valence-electron chi connectivity index (χ2n) is 4.74. The van der Waals surface area contributed by atoms with Gasteiger partial charge in [0.25, 0.3) is 0 Å². The third kappa shape index (κ3) is 2.37. The summed E-state index contributed by atoms with van der Waals surface area (Å²) < 4.78 is 9.92. The molecule has 0 amide bonds. The number of anilines is 1. The molecule has 0 saturated heterocycles. The van der Waals surface area contributed by atoms with Crippen molar-refractivity contribution in [1.29, 1.82) is 5.26 Å². The van der Waals surface area contributed by atoms with E-state index < -0.39 is 0 Å². The first kappa shape index (κ1) is 13.9. The molecule has 0 aliphatic heterocycles. The lowest BCUT2D eigenvalue weighted by molar-refractivity contribution is 0.503. The third-order valence-electron chi connectivity index (χ3n) is 3.50. The Balaban J connectivity index is 1.97. The van der Waals surface area contributed by atoms with Gasteiger partial charge in [0, 0.05) is 12.4 Å². The molecule has 1 aromatic carbocycles. The number of benzene rings is 1. The van der Waals surface area contributed by atoms with Crippen LogP contribution in [0.2, 0.25) is 5.15 Å². The zero-order chi connectivity index (χ0) is 15.0. The lowest BCUT2D eigenvalue weighted by atomic mass is 10.2. The molecule has 0 fully saturated rings. The number of fused-ring (bicyclic) bond motifs is 1. The molecule has 1 unspecified atom stereocenters. The van der Waals surface area contributed by atoms with Gasteiger partial charge in [0.15, 0.2) is 5.15 Å². The van der Waals surface area contributed by atoms with Crippen LogP contribution in [-0.4, -0.2) is 11.4 Å². The maximum atomic E-state index is 9.19. The van der Waals surface area contributed by atoms with E-state index in [1.54, 1.807) is 0 Å². The minimum Gasteiger partial charge on any atom is -0.459 e. The average Bonchev–Trinajstić information content (AvgIpc) is 3.08. The molecule has 0 saturated carbocycles. The van der Waals surface area contributed by atoms with Crippen LogP contribution in [0.5, 0.6) is 0 Å². The molecule has 2 aromatic heterocycles. The topological polar surface area (TPSA) is 53.1 Å². The zero-order valence-corrected chi connectivity index (χ0v) is 13.1. The minimum absolute atomic E-state index is 0.0268. The van der Waals surface area contributed by atoms with Gasteiger partial charge in [-0.1, -0.05) is 29.8 Å². The fraction of sp³-hybridized carbons (Fsp3) is 0.200. The van der Waals surface area contributed by atoms with Crippen molar-refractivity contribution in [1.82, 2.24) is 4.37 Å². The van der Waals surface area contributed by atoms with Gasteiger partial charge < -0.3 is 9.32 Å². The third-order valence-corrected chi connectivity index (χ3v) is 4.81. The van der Waals surface area contributed by atoms with Crippen molar-refractivity contribution in [2.45, 2.75) is 13.0 Å². The molecule has 0 N–H and O–H groups in total. The van der Waals surface area contributed by atoms with Gasteiger partial charge in [-0.15, -0.1) is 0 Å². The van der Waals surface area contributed by atoms with E-state index in [4.69, 9.17) is 16.0 Å². The van der Waals surface area contributed by atoms with Crippen LogP contribution in [-0.2, 0) is 0 Å². The van der Waals surface area contributed by atoms with Crippen molar-refractivity contribution < 1.29 is 4.42 Å². The first-order valence-corrected chi connectivity index (χ1v) is 7.53. The highest BCUT2D eigenvalue weighted by molar-refractivity contribution is 7.10. The van der Waals surface area contributed by atoms with Crippen LogP contribution in [0.1, 0.15) is 24.3 Å². The quantitative estimate of drug-likeness (QED) is 0.707. The predicted molar refractivity (Wildman–Crippen MR) is 84.9 cm³/mol. The fourth-order valence-corrected chi connectivity index (χ4v) is 3.24. The molecule has 0 radical (unpaired) electrons. The Bertz CT molecular complexity index is 800. The van der Waals surface area contributed by atoms with Gasteiger partial charge in [-0.25, -0.2) is 0 Å². The summed E-state index contributed by atoms with van der Waals surface area (Å²) in [5.74, 6) is 0.840. The molecule has 6 heteroatoms. The Morgan fingerprint density at radius 1 is 1.43 bits per heavy atom. The molecular formula is C15H12ClN3OS. The maximum absolute atomic E-state index is 9.19. The van der Waals surface area contributed by atoms with Gasteiger partial charge in [0.05, 0.1) is 6.04 Å². The first-order valence-electron chi connectivity index (χ1n) is 6.38. The van der Waals surface area contributed by atoms with E-state index in [0.29, 0.717) is 5.56 Å². The van der Waals surface area contributed by atoms with Crippen molar-refractivity contribution in [3.8, 4) is 6.07 Å². The van der Waals surface area contributed by atoms with E-state index in [1.165, 1.54) is 11.5 Å². The fourth-order valence-electron chi connectivity index (χ4n) is 2.17. The summed E-state index contributed by atoms with van der Waals surface area (Å²) in [6.07, 6.45) is 0. The normalized spacial score (nSPS) is 12.3. The summed E-state index contributed by atoms with van der Waals surface area (Å²) in [5, 5.41) is 11.2. The summed E-state index contributed by atoms with van der Waals surface area (Å²) in [5.41, 5.74) is 1.27. The molecule has 3 aromatic rings. The molecule has 0 aliphatic carbocycles. The van der Waals surface area contributed by atoms with Crippen LogP contribution in [0.25, 0.3) is 11.0 Å². The highest BCUT2D eigenvalue weighted by Crippen LogP contribution is 2.36. The van der Waals surface area contributed by atoms with Crippen molar-refractivity contribution >= 4 is 39.1 Å². The second kappa shape index (κ2) is 5.40. The number of rotatable bonds is 3. The van der Waals surface area contributed by atoms with Crippen LogP contribution in [0.15, 0.2) is 34.7 Å². The maximum Gasteiger partial charge on any atom is 0.162 e. The summed E-state index contributed by atoms with van der Waals surface area (Å²) in [6.45, 7) is 2.02. The van der Waals surface area contributed by atoms with E-state index in [-0.39, 0.29) is 11.2 Å². The Kier molecular flexibility index (Phi) is 3.58. The molecule has 1 atom stereocenters. The van der Waals surface area contributed by atoms with Crippen LogP contribution in [0.3, 0.4) is 0 Å². The highest BCUT2D eigenvalue weighted by atomic mass is 35.5. The number of halogens is 1. The monoisotopic (exact) mass is 317 g/mol. The van der Waals surface area contributed by atoms with Crippen molar-refractivity contribution in [3.63, 3.8) is 0 Å². The number of nitriles is 1. The second-order valence-corrected chi connectivity index (χ2v) is 5.85. The van der Waals surface area contributed by atoms with Gasteiger partial charge in [0.1, 0.15) is 28.0 Å². The minimum atomic E-state index is -0.0268. The SMILES string of the molecule is CC(c1cc2ccccc2o1)N(C)c1snc(Cl)c1C#N. The van der Waals surface area contributed by atoms with Gasteiger partial charge in [-0.05, 0) is 30.6 Å². The molecule has 4 nitrogen and oxygen atoms in total. The van der Waals surface area contributed by atoms with Gasteiger partial charge in [-0.3, -0.25) is 0 Å². The average molecular weight is 318 g/mol. The number of furan rings is 1. The number of para-hydroxylation sites is 1. The standard InChI is InChI=1S/C15H12ClN3OS/c1-9(13-7-10-5-3-4-6-12(10)20-13)19(2)15-11(8-17)14(16)18-21-15/h3-7,9H,1-2H3. The van der Waals surface area contributed by atoms with E-state index in [9.17, 15) is 5.26 Å². The Labute approximate surface area is 131 Å².